The molecule has 0 fully saturated rings. The highest BCUT2D eigenvalue weighted by Crippen LogP contribution is 2.33. The highest BCUT2D eigenvalue weighted by Gasteiger charge is 2.29. The van der Waals surface area contributed by atoms with E-state index in [-0.39, 0.29) is 23.7 Å². The summed E-state index contributed by atoms with van der Waals surface area (Å²) < 4.78 is 0. The number of aliphatic hydroxyl groups excluding tert-OH is 1. The number of aromatic nitrogens is 2. The number of nitrogens with zero attached hydrogens (tertiary/aromatic N) is 3. The van der Waals surface area contributed by atoms with E-state index in [1.54, 1.807) is 12.1 Å². The van der Waals surface area contributed by atoms with Crippen LogP contribution >= 0.6 is 11.3 Å². The monoisotopic (exact) mass is 400 g/mol. The average Bonchev–Trinajstić information content (AvgIpc) is 3.05. The van der Waals surface area contributed by atoms with Gasteiger partial charge in [-0.2, -0.15) is 0 Å². The first-order chi connectivity index (χ1) is 13.3. The van der Waals surface area contributed by atoms with Gasteiger partial charge >= 0.3 is 0 Å². The van der Waals surface area contributed by atoms with Crippen LogP contribution < -0.4 is 5.73 Å². The van der Waals surface area contributed by atoms with Crippen molar-refractivity contribution in [2.75, 3.05) is 26.4 Å². The number of hydrogen-bond donors (Lipinski definition) is 2. The van der Waals surface area contributed by atoms with E-state index in [0.717, 1.165) is 18.7 Å². The van der Waals surface area contributed by atoms with Gasteiger partial charge < -0.3 is 15.7 Å². The summed E-state index contributed by atoms with van der Waals surface area (Å²) in [5.41, 5.74) is 7.10. The van der Waals surface area contributed by atoms with Crippen LogP contribution in [0.15, 0.2) is 23.9 Å². The third-order valence-electron chi connectivity index (χ3n) is 4.59. The first-order valence-corrected chi connectivity index (χ1v) is 10.0. The third kappa shape index (κ3) is 4.63. The van der Waals surface area contributed by atoms with Gasteiger partial charge in [0.15, 0.2) is 0 Å². The zero-order valence-electron chi connectivity index (χ0n) is 16.1. The number of Topliss-reactive ketones (excluding diaryl/α,β-unsaturated/α-hetero) is 2. The molecule has 0 amide bonds. The summed E-state index contributed by atoms with van der Waals surface area (Å²) in [4.78, 5) is 36.1. The Balaban J connectivity index is 1.74. The number of nitrogen functional groups attached to an aromatic ring is 1. The maximum Gasteiger partial charge on any atom is 0.204 e. The number of aryl methyl sites for hydroxylation is 1. The summed E-state index contributed by atoms with van der Waals surface area (Å²) in [7, 11) is 3.96. The van der Waals surface area contributed by atoms with Crippen LogP contribution in [0.1, 0.15) is 45.2 Å². The maximum atomic E-state index is 12.9. The first kappa shape index (κ1) is 20.2. The predicted molar refractivity (Wildman–Crippen MR) is 109 cm³/mol. The van der Waals surface area contributed by atoms with Crippen LogP contribution in [0, 0.1) is 0 Å². The number of aliphatic hydroxyl groups is 1. The summed E-state index contributed by atoms with van der Waals surface area (Å²) >= 11 is 1.26. The lowest BCUT2D eigenvalue weighted by molar-refractivity contribution is -0.118. The van der Waals surface area contributed by atoms with E-state index in [1.807, 2.05) is 19.0 Å². The van der Waals surface area contributed by atoms with Gasteiger partial charge in [-0.25, -0.2) is 9.97 Å². The molecule has 8 heteroatoms. The SMILES string of the molecule is CN(C)CCCC(=O)Cc1nc2c(s1)C(=O)C(=C(O)c1ccc(N)nc1)CC2. The van der Waals surface area contributed by atoms with Gasteiger partial charge in [0.05, 0.1) is 17.0 Å². The van der Waals surface area contributed by atoms with Crippen LogP contribution in [0.25, 0.3) is 5.76 Å². The summed E-state index contributed by atoms with van der Waals surface area (Å²) in [5.74, 6) is 0.186. The number of carbonyl (C=O) groups is 2. The molecule has 148 valence electrons. The largest absolute Gasteiger partial charge is 0.507 e. The minimum Gasteiger partial charge on any atom is -0.507 e. The zero-order valence-corrected chi connectivity index (χ0v) is 16.9. The number of allylic oxidation sites excluding steroid dienone is 1. The van der Waals surface area contributed by atoms with Crippen molar-refractivity contribution >= 4 is 34.5 Å². The van der Waals surface area contributed by atoms with Gasteiger partial charge in [0.25, 0.3) is 0 Å². The predicted octanol–water partition coefficient (Wildman–Crippen LogP) is 2.67. The molecule has 2 aromatic rings. The lowest BCUT2D eigenvalue weighted by atomic mass is 9.93. The molecule has 0 saturated heterocycles. The maximum absolute atomic E-state index is 12.9. The molecular weight excluding hydrogens is 376 g/mol. The van der Waals surface area contributed by atoms with E-state index in [0.29, 0.717) is 46.1 Å². The summed E-state index contributed by atoms with van der Waals surface area (Å²) in [5, 5.41) is 11.2. The number of carbonyl (C=O) groups excluding carboxylic acids is 2. The molecule has 1 aliphatic carbocycles. The third-order valence-corrected chi connectivity index (χ3v) is 5.69. The Morgan fingerprint density at radius 1 is 1.32 bits per heavy atom. The molecule has 0 radical (unpaired) electrons. The van der Waals surface area contributed by atoms with Crippen molar-refractivity contribution in [3.8, 4) is 0 Å². The van der Waals surface area contributed by atoms with E-state index in [9.17, 15) is 14.7 Å². The van der Waals surface area contributed by atoms with Crippen LogP contribution in [-0.2, 0) is 17.6 Å². The highest BCUT2D eigenvalue weighted by molar-refractivity contribution is 7.14. The number of anilines is 1. The number of rotatable bonds is 7. The number of thiazole rings is 1. The number of ketones is 2. The molecule has 0 spiro atoms. The Morgan fingerprint density at radius 3 is 2.79 bits per heavy atom. The topological polar surface area (TPSA) is 109 Å². The number of fused-ring (bicyclic) bond motifs is 1. The molecule has 0 saturated carbocycles. The minimum atomic E-state index is -0.223. The van der Waals surface area contributed by atoms with Gasteiger partial charge in [-0.3, -0.25) is 9.59 Å². The fourth-order valence-electron chi connectivity index (χ4n) is 3.11. The molecular formula is C20H24N4O3S. The Kier molecular flexibility index (Phi) is 6.21. The van der Waals surface area contributed by atoms with Crippen molar-refractivity contribution in [3.05, 3.63) is 45.0 Å². The summed E-state index contributed by atoms with van der Waals surface area (Å²) in [6.07, 6.45) is 3.99. The molecule has 0 bridgehead atoms. The summed E-state index contributed by atoms with van der Waals surface area (Å²) in [6, 6.07) is 3.22. The van der Waals surface area contributed by atoms with Crippen molar-refractivity contribution < 1.29 is 14.7 Å². The van der Waals surface area contributed by atoms with Gasteiger partial charge in [0, 0.05) is 23.8 Å². The number of hydrogen-bond acceptors (Lipinski definition) is 8. The summed E-state index contributed by atoms with van der Waals surface area (Å²) in [6.45, 7) is 0.867. The molecule has 2 aromatic heterocycles. The molecule has 0 atom stereocenters. The molecule has 1 aliphatic rings. The molecule has 28 heavy (non-hydrogen) atoms. The number of nitrogens with two attached hydrogens (primary N) is 1. The molecule has 3 N–H and O–H groups in total. The van der Waals surface area contributed by atoms with Gasteiger partial charge in [-0.1, -0.05) is 0 Å². The molecule has 3 rings (SSSR count). The first-order valence-electron chi connectivity index (χ1n) is 9.19. The van der Waals surface area contributed by atoms with E-state index < -0.39 is 0 Å². The standard InChI is InChI=1S/C20H24N4O3S/c1-24(2)9-3-4-13(25)10-17-23-15-7-6-14(19(27)20(15)28-17)18(26)12-5-8-16(21)22-11-12/h5,8,11,26H,3-4,6-7,9-10H2,1-2H3,(H2,21,22). The Bertz CT molecular complexity index is 916. The van der Waals surface area contributed by atoms with E-state index in [1.165, 1.54) is 17.5 Å². The Labute approximate surface area is 167 Å². The van der Waals surface area contributed by atoms with Crippen molar-refractivity contribution in [1.82, 2.24) is 14.9 Å². The Morgan fingerprint density at radius 2 is 2.11 bits per heavy atom. The van der Waals surface area contributed by atoms with Gasteiger partial charge in [-0.15, -0.1) is 11.3 Å². The molecule has 2 heterocycles. The van der Waals surface area contributed by atoms with Crippen LogP contribution in [0.5, 0.6) is 0 Å². The quantitative estimate of drug-likeness (QED) is 0.543. The number of pyridine rings is 1. The van der Waals surface area contributed by atoms with Crippen LogP contribution in [0.2, 0.25) is 0 Å². The van der Waals surface area contributed by atoms with Crippen LogP contribution in [0.4, 0.5) is 5.82 Å². The molecule has 0 aliphatic heterocycles. The minimum absolute atomic E-state index is 0.0714. The van der Waals surface area contributed by atoms with Crippen molar-refractivity contribution in [2.24, 2.45) is 0 Å². The molecule has 7 nitrogen and oxygen atoms in total. The lowest BCUT2D eigenvalue weighted by Crippen LogP contribution is -2.14. The zero-order chi connectivity index (χ0) is 20.3. The van der Waals surface area contributed by atoms with E-state index in [4.69, 9.17) is 5.73 Å². The van der Waals surface area contributed by atoms with Gasteiger partial charge in [0.2, 0.25) is 5.78 Å². The molecule has 0 aromatic carbocycles. The van der Waals surface area contributed by atoms with E-state index >= 15 is 0 Å². The molecule has 0 unspecified atom stereocenters. The van der Waals surface area contributed by atoms with Crippen molar-refractivity contribution in [3.63, 3.8) is 0 Å². The van der Waals surface area contributed by atoms with Crippen LogP contribution in [-0.4, -0.2) is 52.2 Å². The second kappa shape index (κ2) is 8.62. The van der Waals surface area contributed by atoms with Crippen LogP contribution in [0.3, 0.4) is 0 Å². The average molecular weight is 401 g/mol. The second-order valence-electron chi connectivity index (χ2n) is 7.13. The van der Waals surface area contributed by atoms with Crippen molar-refractivity contribution in [2.45, 2.75) is 32.1 Å². The lowest BCUT2D eigenvalue weighted by Gasteiger charge is -2.14. The van der Waals surface area contributed by atoms with Gasteiger partial charge in [-0.05, 0) is 52.0 Å². The fourth-order valence-corrected chi connectivity index (χ4v) is 4.22. The smallest absolute Gasteiger partial charge is 0.204 e. The fraction of sp³-hybridized carbons (Fsp3) is 0.400. The van der Waals surface area contributed by atoms with E-state index in [2.05, 4.69) is 9.97 Å². The van der Waals surface area contributed by atoms with Gasteiger partial charge in [0.1, 0.15) is 22.4 Å². The second-order valence-corrected chi connectivity index (χ2v) is 8.22. The Hall–Kier alpha value is -2.58. The normalized spacial score (nSPS) is 15.6. The van der Waals surface area contributed by atoms with Crippen molar-refractivity contribution in [1.29, 1.82) is 0 Å². The highest BCUT2D eigenvalue weighted by atomic mass is 32.1.